The first kappa shape index (κ1) is 15.2. The first-order valence-corrected chi connectivity index (χ1v) is 6.76. The zero-order chi connectivity index (χ0) is 14.1. The number of carbonyl (C=O) groups is 1. The number of carbonyl (C=O) groups excluding carboxylic acids is 1. The molecule has 1 aromatic carbocycles. The van der Waals surface area contributed by atoms with E-state index in [1.807, 2.05) is 24.3 Å². The SMILES string of the molecule is C=CC(=O)CCCCCCc1ccc(C(=C)O)cc1. The van der Waals surface area contributed by atoms with Gasteiger partial charge in [0.2, 0.25) is 0 Å². The molecule has 0 aliphatic heterocycles. The van der Waals surface area contributed by atoms with Crippen molar-refractivity contribution in [1.82, 2.24) is 0 Å². The molecule has 102 valence electrons. The van der Waals surface area contributed by atoms with Crippen molar-refractivity contribution in [2.75, 3.05) is 0 Å². The van der Waals surface area contributed by atoms with E-state index in [9.17, 15) is 9.90 Å². The molecule has 0 atom stereocenters. The smallest absolute Gasteiger partial charge is 0.155 e. The second kappa shape index (κ2) is 8.30. The Balaban J connectivity index is 2.17. The lowest BCUT2D eigenvalue weighted by Crippen LogP contribution is -1.92. The van der Waals surface area contributed by atoms with Crippen LogP contribution in [-0.2, 0) is 11.2 Å². The van der Waals surface area contributed by atoms with Gasteiger partial charge >= 0.3 is 0 Å². The molecular formula is C17H22O2. The number of rotatable bonds is 9. The zero-order valence-corrected chi connectivity index (χ0v) is 11.4. The molecule has 0 aliphatic carbocycles. The lowest BCUT2D eigenvalue weighted by molar-refractivity contribution is -0.114. The molecule has 0 bridgehead atoms. The van der Waals surface area contributed by atoms with E-state index in [-0.39, 0.29) is 11.5 Å². The molecule has 0 saturated heterocycles. The number of aryl methyl sites for hydroxylation is 1. The second-order valence-corrected chi connectivity index (χ2v) is 4.73. The van der Waals surface area contributed by atoms with Crippen molar-refractivity contribution < 1.29 is 9.90 Å². The topological polar surface area (TPSA) is 37.3 Å². The Morgan fingerprint density at radius 1 is 1.11 bits per heavy atom. The molecule has 0 amide bonds. The van der Waals surface area contributed by atoms with Gasteiger partial charge in [0.25, 0.3) is 0 Å². The highest BCUT2D eigenvalue weighted by Gasteiger charge is 1.98. The summed E-state index contributed by atoms with van der Waals surface area (Å²) in [4.78, 5) is 11.0. The van der Waals surface area contributed by atoms with Crippen molar-refractivity contribution >= 4 is 11.5 Å². The number of aliphatic hydroxyl groups excluding tert-OH is 1. The predicted molar refractivity (Wildman–Crippen MR) is 80.1 cm³/mol. The Hall–Kier alpha value is -1.83. The van der Waals surface area contributed by atoms with Crippen molar-refractivity contribution in [3.8, 4) is 0 Å². The van der Waals surface area contributed by atoms with Crippen LogP contribution in [0.15, 0.2) is 43.5 Å². The molecule has 0 saturated carbocycles. The van der Waals surface area contributed by atoms with Crippen LogP contribution in [0.2, 0.25) is 0 Å². The Morgan fingerprint density at radius 2 is 1.74 bits per heavy atom. The standard InChI is InChI=1S/C17H22O2/c1-3-17(19)9-7-5-4-6-8-15-10-12-16(13-11-15)14(2)18/h3,10-13,18H,1-2,4-9H2. The highest BCUT2D eigenvalue weighted by molar-refractivity contribution is 5.88. The van der Waals surface area contributed by atoms with Gasteiger partial charge in [-0.2, -0.15) is 0 Å². The van der Waals surface area contributed by atoms with Crippen LogP contribution in [-0.4, -0.2) is 10.9 Å². The fourth-order valence-corrected chi connectivity index (χ4v) is 1.95. The number of allylic oxidation sites excluding steroid dienone is 1. The highest BCUT2D eigenvalue weighted by Crippen LogP contribution is 2.13. The predicted octanol–water partition coefficient (Wildman–Crippen LogP) is 4.46. The third-order valence-electron chi connectivity index (χ3n) is 3.15. The number of hydrogen-bond acceptors (Lipinski definition) is 2. The average molecular weight is 258 g/mol. The summed E-state index contributed by atoms with van der Waals surface area (Å²) >= 11 is 0. The number of hydrogen-bond donors (Lipinski definition) is 1. The maximum Gasteiger partial charge on any atom is 0.155 e. The maximum absolute atomic E-state index is 11.0. The van der Waals surface area contributed by atoms with Crippen LogP contribution in [0.25, 0.3) is 5.76 Å². The van der Waals surface area contributed by atoms with Gasteiger partial charge < -0.3 is 5.11 Å². The monoisotopic (exact) mass is 258 g/mol. The normalized spacial score (nSPS) is 10.1. The molecule has 0 spiro atoms. The molecule has 2 nitrogen and oxygen atoms in total. The van der Waals surface area contributed by atoms with E-state index >= 15 is 0 Å². The lowest BCUT2D eigenvalue weighted by Gasteiger charge is -2.03. The quantitative estimate of drug-likeness (QED) is 0.403. The van der Waals surface area contributed by atoms with Crippen LogP contribution in [0.5, 0.6) is 0 Å². The van der Waals surface area contributed by atoms with Gasteiger partial charge in [-0.05, 0) is 30.9 Å². The van der Waals surface area contributed by atoms with Gasteiger partial charge in [-0.25, -0.2) is 0 Å². The third kappa shape index (κ3) is 6.05. The van der Waals surface area contributed by atoms with Crippen LogP contribution in [0, 0.1) is 0 Å². The molecule has 0 unspecified atom stereocenters. The van der Waals surface area contributed by atoms with Gasteiger partial charge in [0.05, 0.1) is 0 Å². The summed E-state index contributed by atoms with van der Waals surface area (Å²) in [5, 5.41) is 9.22. The van der Waals surface area contributed by atoms with Crippen molar-refractivity contribution in [3.05, 3.63) is 54.6 Å². The minimum Gasteiger partial charge on any atom is -0.508 e. The maximum atomic E-state index is 11.0. The fraction of sp³-hybridized carbons (Fsp3) is 0.353. The molecule has 2 heteroatoms. The summed E-state index contributed by atoms with van der Waals surface area (Å²) in [6.45, 7) is 6.95. The molecule has 0 heterocycles. The summed E-state index contributed by atoms with van der Waals surface area (Å²) in [5.74, 6) is 0.248. The molecule has 0 fully saturated rings. The van der Waals surface area contributed by atoms with Crippen molar-refractivity contribution in [2.45, 2.75) is 38.5 Å². The van der Waals surface area contributed by atoms with Crippen LogP contribution in [0.1, 0.15) is 43.2 Å². The number of ketones is 1. The Morgan fingerprint density at radius 3 is 2.32 bits per heavy atom. The first-order chi connectivity index (χ1) is 9.13. The summed E-state index contributed by atoms with van der Waals surface area (Å²) in [6.07, 6.45) is 7.36. The zero-order valence-electron chi connectivity index (χ0n) is 11.4. The highest BCUT2D eigenvalue weighted by atomic mass is 16.3. The van der Waals surface area contributed by atoms with Gasteiger partial charge in [-0.3, -0.25) is 4.79 Å². The molecule has 1 rings (SSSR count). The molecule has 19 heavy (non-hydrogen) atoms. The van der Waals surface area contributed by atoms with Crippen LogP contribution >= 0.6 is 0 Å². The molecule has 0 aromatic heterocycles. The van der Waals surface area contributed by atoms with E-state index in [0.717, 1.165) is 37.7 Å². The number of unbranched alkanes of at least 4 members (excludes halogenated alkanes) is 3. The van der Waals surface area contributed by atoms with Crippen LogP contribution < -0.4 is 0 Å². The van der Waals surface area contributed by atoms with E-state index in [2.05, 4.69) is 13.2 Å². The van der Waals surface area contributed by atoms with E-state index in [4.69, 9.17) is 0 Å². The first-order valence-electron chi connectivity index (χ1n) is 6.76. The minimum atomic E-state index is 0.110. The van der Waals surface area contributed by atoms with Crippen molar-refractivity contribution in [3.63, 3.8) is 0 Å². The van der Waals surface area contributed by atoms with Gasteiger partial charge in [0.15, 0.2) is 5.78 Å². The van der Waals surface area contributed by atoms with E-state index in [1.54, 1.807) is 0 Å². The van der Waals surface area contributed by atoms with Gasteiger partial charge in [-0.1, -0.05) is 50.3 Å². The third-order valence-corrected chi connectivity index (χ3v) is 3.15. The fourth-order valence-electron chi connectivity index (χ4n) is 1.95. The van der Waals surface area contributed by atoms with Crippen molar-refractivity contribution in [1.29, 1.82) is 0 Å². The Kier molecular flexibility index (Phi) is 6.65. The van der Waals surface area contributed by atoms with Gasteiger partial charge in [0, 0.05) is 12.0 Å². The number of aliphatic hydroxyl groups is 1. The van der Waals surface area contributed by atoms with E-state index in [1.165, 1.54) is 11.6 Å². The summed E-state index contributed by atoms with van der Waals surface area (Å²) in [7, 11) is 0. The molecule has 1 N–H and O–H groups in total. The molecule has 0 aliphatic rings. The second-order valence-electron chi connectivity index (χ2n) is 4.73. The largest absolute Gasteiger partial charge is 0.508 e. The molecule has 1 aromatic rings. The van der Waals surface area contributed by atoms with Crippen LogP contribution in [0.4, 0.5) is 0 Å². The van der Waals surface area contributed by atoms with Gasteiger partial charge in [0.1, 0.15) is 5.76 Å². The summed E-state index contributed by atoms with van der Waals surface area (Å²) < 4.78 is 0. The minimum absolute atomic E-state index is 0.110. The van der Waals surface area contributed by atoms with E-state index < -0.39 is 0 Å². The van der Waals surface area contributed by atoms with Crippen molar-refractivity contribution in [2.24, 2.45) is 0 Å². The van der Waals surface area contributed by atoms with Gasteiger partial charge in [-0.15, -0.1) is 0 Å². The lowest BCUT2D eigenvalue weighted by atomic mass is 10.0. The molecular weight excluding hydrogens is 236 g/mol. The van der Waals surface area contributed by atoms with E-state index in [0.29, 0.717) is 6.42 Å². The summed E-state index contributed by atoms with van der Waals surface area (Å²) in [5.41, 5.74) is 2.04. The number of benzene rings is 1. The Bertz CT molecular complexity index is 429. The molecule has 0 radical (unpaired) electrons. The van der Waals surface area contributed by atoms with Crippen LogP contribution in [0.3, 0.4) is 0 Å². The summed E-state index contributed by atoms with van der Waals surface area (Å²) in [6, 6.07) is 7.83. The Labute approximate surface area is 115 Å². The average Bonchev–Trinajstić information content (AvgIpc) is 2.42.